The Kier molecular flexibility index (Phi) is 5.06. The lowest BCUT2D eigenvalue weighted by atomic mass is 10.3. The van der Waals surface area contributed by atoms with Crippen LogP contribution >= 0.6 is 23.1 Å². The van der Waals surface area contributed by atoms with Crippen molar-refractivity contribution in [2.45, 2.75) is 6.54 Å². The number of hydrogen-bond donors (Lipinski definition) is 0. The number of rotatable bonds is 5. The number of ether oxygens (including phenoxy) is 1. The minimum Gasteiger partial charge on any atom is -0.497 e. The third kappa shape index (κ3) is 3.25. The predicted octanol–water partition coefficient (Wildman–Crippen LogP) is 2.55. The van der Waals surface area contributed by atoms with Gasteiger partial charge in [0.15, 0.2) is 4.80 Å². The van der Waals surface area contributed by atoms with Crippen LogP contribution in [0.3, 0.4) is 0 Å². The Morgan fingerprint density at radius 3 is 2.92 bits per heavy atom. The van der Waals surface area contributed by atoms with Gasteiger partial charge in [0.25, 0.3) is 5.91 Å². The van der Waals surface area contributed by atoms with Gasteiger partial charge in [-0.25, -0.2) is 0 Å². The van der Waals surface area contributed by atoms with Crippen molar-refractivity contribution in [2.24, 2.45) is 12.0 Å². The van der Waals surface area contributed by atoms with E-state index in [1.165, 1.54) is 16.0 Å². The predicted molar refractivity (Wildman–Crippen MR) is 97.9 cm³/mol. The van der Waals surface area contributed by atoms with E-state index in [9.17, 15) is 4.79 Å². The Balaban J connectivity index is 2.12. The van der Waals surface area contributed by atoms with E-state index in [-0.39, 0.29) is 5.91 Å². The number of thiazole rings is 1. The van der Waals surface area contributed by atoms with Gasteiger partial charge in [-0.3, -0.25) is 9.48 Å². The molecule has 0 radical (unpaired) electrons. The maximum absolute atomic E-state index is 12.5. The largest absolute Gasteiger partial charge is 0.497 e. The van der Waals surface area contributed by atoms with Gasteiger partial charge >= 0.3 is 0 Å². The standard InChI is InChI=1S/C16H18N4O2S2/c1-19-13(6-7-17-19)15(21)18-16-20(8-9-23-3)12-5-4-11(22-2)10-14(12)24-16/h4-7,10H,8-9H2,1-3H3. The van der Waals surface area contributed by atoms with Crippen molar-refractivity contribution in [3.05, 3.63) is 41.0 Å². The van der Waals surface area contributed by atoms with Crippen LogP contribution in [0.4, 0.5) is 0 Å². The average molecular weight is 362 g/mol. The van der Waals surface area contributed by atoms with E-state index in [1.807, 2.05) is 18.2 Å². The number of carbonyl (C=O) groups is 1. The second kappa shape index (κ2) is 7.23. The van der Waals surface area contributed by atoms with E-state index in [2.05, 4.69) is 20.9 Å². The SMILES string of the molecule is COc1ccc2c(c1)sc(=NC(=O)c1ccnn1C)n2CCSC. The quantitative estimate of drug-likeness (QED) is 0.700. The highest BCUT2D eigenvalue weighted by Gasteiger charge is 2.12. The summed E-state index contributed by atoms with van der Waals surface area (Å²) in [5.41, 5.74) is 1.54. The molecular weight excluding hydrogens is 344 g/mol. The van der Waals surface area contributed by atoms with Crippen LogP contribution in [0.15, 0.2) is 35.5 Å². The van der Waals surface area contributed by atoms with Gasteiger partial charge in [-0.15, -0.1) is 0 Å². The number of aromatic nitrogens is 3. The molecule has 0 unspecified atom stereocenters. The zero-order valence-corrected chi connectivity index (χ0v) is 15.4. The number of carbonyl (C=O) groups excluding carboxylic acids is 1. The molecular formula is C16H18N4O2S2. The summed E-state index contributed by atoms with van der Waals surface area (Å²) in [6.07, 6.45) is 3.66. The van der Waals surface area contributed by atoms with E-state index < -0.39 is 0 Å². The van der Waals surface area contributed by atoms with Gasteiger partial charge in [-0.2, -0.15) is 21.9 Å². The number of methoxy groups -OCH3 is 1. The number of thioether (sulfide) groups is 1. The van der Waals surface area contributed by atoms with Crippen LogP contribution in [0.25, 0.3) is 10.2 Å². The number of amides is 1. The minimum absolute atomic E-state index is 0.286. The van der Waals surface area contributed by atoms with Crippen LogP contribution in [0.2, 0.25) is 0 Å². The van der Waals surface area contributed by atoms with E-state index in [4.69, 9.17) is 4.74 Å². The third-order valence-electron chi connectivity index (χ3n) is 3.65. The van der Waals surface area contributed by atoms with Gasteiger partial charge in [-0.05, 0) is 30.5 Å². The van der Waals surface area contributed by atoms with Crippen molar-refractivity contribution in [2.75, 3.05) is 19.1 Å². The van der Waals surface area contributed by atoms with Crippen molar-refractivity contribution in [3.8, 4) is 5.75 Å². The Hall–Kier alpha value is -2.06. The number of fused-ring (bicyclic) bond motifs is 1. The zero-order valence-electron chi connectivity index (χ0n) is 13.7. The molecule has 8 heteroatoms. The molecule has 0 saturated carbocycles. The van der Waals surface area contributed by atoms with Crippen molar-refractivity contribution < 1.29 is 9.53 Å². The van der Waals surface area contributed by atoms with Crippen molar-refractivity contribution in [1.82, 2.24) is 14.3 Å². The highest BCUT2D eigenvalue weighted by Crippen LogP contribution is 2.23. The van der Waals surface area contributed by atoms with Crippen LogP contribution in [0.1, 0.15) is 10.5 Å². The molecule has 0 N–H and O–H groups in total. The van der Waals surface area contributed by atoms with Crippen molar-refractivity contribution in [3.63, 3.8) is 0 Å². The Morgan fingerprint density at radius 2 is 2.25 bits per heavy atom. The lowest BCUT2D eigenvalue weighted by molar-refractivity contribution is 0.0989. The zero-order chi connectivity index (χ0) is 17.1. The first-order valence-electron chi connectivity index (χ1n) is 7.37. The van der Waals surface area contributed by atoms with Crippen molar-refractivity contribution in [1.29, 1.82) is 0 Å². The molecule has 6 nitrogen and oxygen atoms in total. The Bertz CT molecular complexity index is 939. The third-order valence-corrected chi connectivity index (χ3v) is 5.28. The molecule has 0 atom stereocenters. The monoisotopic (exact) mass is 362 g/mol. The summed E-state index contributed by atoms with van der Waals surface area (Å²) in [5.74, 6) is 1.46. The fourth-order valence-corrected chi connectivity index (χ4v) is 3.84. The van der Waals surface area contributed by atoms with Crippen LogP contribution in [0.5, 0.6) is 5.75 Å². The summed E-state index contributed by atoms with van der Waals surface area (Å²) in [4.78, 5) is 17.5. The van der Waals surface area contributed by atoms with Crippen LogP contribution in [-0.4, -0.2) is 39.4 Å². The highest BCUT2D eigenvalue weighted by atomic mass is 32.2. The van der Waals surface area contributed by atoms with E-state index in [0.717, 1.165) is 28.3 Å². The minimum atomic E-state index is -0.286. The summed E-state index contributed by atoms with van der Waals surface area (Å²) >= 11 is 3.25. The van der Waals surface area contributed by atoms with E-state index in [1.54, 1.807) is 38.2 Å². The number of benzene rings is 1. The maximum Gasteiger partial charge on any atom is 0.297 e. The molecule has 0 bridgehead atoms. The fraction of sp³-hybridized carbons (Fsp3) is 0.312. The normalized spacial score (nSPS) is 12.0. The van der Waals surface area contributed by atoms with Crippen LogP contribution in [0, 0.1) is 0 Å². The highest BCUT2D eigenvalue weighted by molar-refractivity contribution is 7.98. The molecule has 0 aliphatic heterocycles. The smallest absolute Gasteiger partial charge is 0.297 e. The lowest BCUT2D eigenvalue weighted by Gasteiger charge is -2.04. The molecule has 2 aromatic heterocycles. The lowest BCUT2D eigenvalue weighted by Crippen LogP contribution is -2.19. The summed E-state index contributed by atoms with van der Waals surface area (Å²) in [6.45, 7) is 0.797. The molecule has 126 valence electrons. The summed E-state index contributed by atoms with van der Waals surface area (Å²) < 4.78 is 9.96. The van der Waals surface area contributed by atoms with E-state index >= 15 is 0 Å². The number of nitrogens with zero attached hydrogens (tertiary/aromatic N) is 4. The van der Waals surface area contributed by atoms with Gasteiger partial charge in [0, 0.05) is 25.5 Å². The van der Waals surface area contributed by atoms with Gasteiger partial charge in [0.2, 0.25) is 0 Å². The van der Waals surface area contributed by atoms with Gasteiger partial charge in [0.1, 0.15) is 11.4 Å². The molecule has 0 aliphatic carbocycles. The first-order valence-corrected chi connectivity index (χ1v) is 9.58. The van der Waals surface area contributed by atoms with Gasteiger partial charge in [0.05, 0.1) is 17.3 Å². The van der Waals surface area contributed by atoms with E-state index in [0.29, 0.717) is 10.5 Å². The maximum atomic E-state index is 12.5. The van der Waals surface area contributed by atoms with Gasteiger partial charge < -0.3 is 9.30 Å². The molecule has 0 spiro atoms. The molecule has 3 rings (SSSR count). The first-order chi connectivity index (χ1) is 11.6. The summed E-state index contributed by atoms with van der Waals surface area (Å²) in [6, 6.07) is 7.59. The topological polar surface area (TPSA) is 61.4 Å². The second-order valence-corrected chi connectivity index (χ2v) is 7.11. The molecule has 3 aromatic rings. The van der Waals surface area contributed by atoms with Gasteiger partial charge in [-0.1, -0.05) is 11.3 Å². The van der Waals surface area contributed by atoms with Crippen LogP contribution in [-0.2, 0) is 13.6 Å². The molecule has 0 aliphatic rings. The first kappa shape index (κ1) is 16.8. The van der Waals surface area contributed by atoms with Crippen LogP contribution < -0.4 is 9.54 Å². The van der Waals surface area contributed by atoms with Crippen molar-refractivity contribution >= 4 is 39.2 Å². The summed E-state index contributed by atoms with van der Waals surface area (Å²) in [5, 5.41) is 4.03. The molecule has 1 aromatic carbocycles. The Morgan fingerprint density at radius 1 is 1.42 bits per heavy atom. The average Bonchev–Trinajstić information content (AvgIpc) is 3.15. The number of hydrogen-bond acceptors (Lipinski definition) is 5. The molecule has 0 fully saturated rings. The second-order valence-electron chi connectivity index (χ2n) is 5.12. The fourth-order valence-electron chi connectivity index (χ4n) is 2.39. The Labute approximate surface area is 147 Å². The molecule has 0 saturated heterocycles. The molecule has 2 heterocycles. The number of aryl methyl sites for hydroxylation is 2. The summed E-state index contributed by atoms with van der Waals surface area (Å²) in [7, 11) is 3.38. The molecule has 1 amide bonds. The molecule has 24 heavy (non-hydrogen) atoms.